The summed E-state index contributed by atoms with van der Waals surface area (Å²) in [5.74, 6) is 0. The smallest absolute Gasteiger partial charge is 0.391 e. The van der Waals surface area contributed by atoms with E-state index in [0.29, 0.717) is 0 Å². The Labute approximate surface area is 127 Å². The molecule has 0 saturated carbocycles. The summed E-state index contributed by atoms with van der Waals surface area (Å²) in [4.78, 5) is 4.99. The molecule has 0 aliphatic rings. The van der Waals surface area contributed by atoms with Crippen LogP contribution in [0.5, 0.6) is 0 Å². The van der Waals surface area contributed by atoms with Crippen LogP contribution in [0.15, 0.2) is 53.7 Å². The van der Waals surface area contributed by atoms with Crippen LogP contribution >= 0.6 is 0 Å². The van der Waals surface area contributed by atoms with E-state index in [4.69, 9.17) is 4.84 Å². The molecule has 0 aromatic heterocycles. The van der Waals surface area contributed by atoms with E-state index in [1.165, 1.54) is 23.9 Å². The van der Waals surface area contributed by atoms with Crippen molar-refractivity contribution in [1.82, 2.24) is 0 Å². The summed E-state index contributed by atoms with van der Waals surface area (Å²) in [5.41, 5.74) is 1.41. The molecule has 0 aliphatic heterocycles. The van der Waals surface area contributed by atoms with Crippen molar-refractivity contribution in [3.63, 3.8) is 0 Å². The lowest BCUT2D eigenvalue weighted by Gasteiger charge is -2.11. The van der Waals surface area contributed by atoms with Crippen molar-refractivity contribution >= 4 is 6.21 Å². The molecule has 116 valence electrons. The van der Waals surface area contributed by atoms with Gasteiger partial charge >= 0.3 is 6.18 Å². The Balaban J connectivity index is 1.97. The van der Waals surface area contributed by atoms with Crippen LogP contribution in [0.3, 0.4) is 0 Å². The highest BCUT2D eigenvalue weighted by molar-refractivity contribution is 5.79. The minimum absolute atomic E-state index is 0.0634. The van der Waals surface area contributed by atoms with Crippen molar-refractivity contribution in [2.24, 2.45) is 5.16 Å². The summed E-state index contributed by atoms with van der Waals surface area (Å²) in [7, 11) is 0. The molecule has 2 rings (SSSR count). The largest absolute Gasteiger partial charge is 0.416 e. The van der Waals surface area contributed by atoms with Gasteiger partial charge < -0.3 is 4.84 Å². The zero-order valence-corrected chi connectivity index (χ0v) is 12.1. The Morgan fingerprint density at radius 3 is 2.36 bits per heavy atom. The molecule has 0 amide bonds. The molecular weight excluding hydrogens is 291 g/mol. The van der Waals surface area contributed by atoms with Crippen LogP contribution in [0.25, 0.3) is 0 Å². The average Bonchev–Trinajstić information content (AvgIpc) is 2.51. The van der Waals surface area contributed by atoms with E-state index < -0.39 is 11.7 Å². The van der Waals surface area contributed by atoms with Gasteiger partial charge in [0.15, 0.2) is 0 Å². The van der Waals surface area contributed by atoms with Gasteiger partial charge in [0.2, 0.25) is 0 Å². The van der Waals surface area contributed by atoms with Crippen molar-refractivity contribution in [2.45, 2.75) is 26.1 Å². The standard InChI is InChI=1S/C17H16F3NO/c1-2-13-7-9-14(10-8-13)11-21-22-12-15-5-3-4-6-16(15)17(18,19)20/h3-11H,2,12H2,1H3. The third-order valence-corrected chi connectivity index (χ3v) is 3.21. The normalized spacial score (nSPS) is 11.8. The fourth-order valence-corrected chi connectivity index (χ4v) is 1.97. The van der Waals surface area contributed by atoms with Crippen molar-refractivity contribution in [1.29, 1.82) is 0 Å². The zero-order chi connectivity index (χ0) is 16.0. The van der Waals surface area contributed by atoms with Crippen LogP contribution in [0.4, 0.5) is 13.2 Å². The maximum atomic E-state index is 12.8. The maximum Gasteiger partial charge on any atom is 0.416 e. The predicted octanol–water partition coefficient (Wildman–Crippen LogP) is 4.82. The molecule has 2 nitrogen and oxygen atoms in total. The fourth-order valence-electron chi connectivity index (χ4n) is 1.97. The molecular formula is C17H16F3NO. The van der Waals surface area contributed by atoms with Crippen LogP contribution in [-0.2, 0) is 24.0 Å². The third-order valence-electron chi connectivity index (χ3n) is 3.21. The van der Waals surface area contributed by atoms with Gasteiger partial charge in [0, 0.05) is 5.56 Å². The monoisotopic (exact) mass is 307 g/mol. The summed E-state index contributed by atoms with van der Waals surface area (Å²) in [6.45, 7) is 1.84. The lowest BCUT2D eigenvalue weighted by Crippen LogP contribution is -2.09. The first kappa shape index (κ1) is 16.1. The third kappa shape index (κ3) is 4.35. The number of halogens is 3. The Morgan fingerprint density at radius 2 is 1.73 bits per heavy atom. The minimum Gasteiger partial charge on any atom is -0.391 e. The van der Waals surface area contributed by atoms with Crippen LogP contribution in [0, 0.1) is 0 Å². The van der Waals surface area contributed by atoms with Crippen molar-refractivity contribution < 1.29 is 18.0 Å². The summed E-state index contributed by atoms with van der Waals surface area (Å²) >= 11 is 0. The van der Waals surface area contributed by atoms with Gasteiger partial charge in [-0.05, 0) is 23.6 Å². The summed E-state index contributed by atoms with van der Waals surface area (Å²) < 4.78 is 38.4. The number of rotatable bonds is 5. The number of nitrogens with zero attached hydrogens (tertiary/aromatic N) is 1. The predicted molar refractivity (Wildman–Crippen MR) is 79.6 cm³/mol. The molecule has 2 aromatic rings. The molecule has 0 fully saturated rings. The molecule has 0 saturated heterocycles. The first-order valence-corrected chi connectivity index (χ1v) is 6.90. The van der Waals surface area contributed by atoms with Gasteiger partial charge in [0.05, 0.1) is 11.8 Å². The molecule has 2 aromatic carbocycles. The highest BCUT2D eigenvalue weighted by atomic mass is 19.4. The lowest BCUT2D eigenvalue weighted by atomic mass is 10.1. The zero-order valence-electron chi connectivity index (χ0n) is 12.1. The summed E-state index contributed by atoms with van der Waals surface area (Å²) in [6.07, 6.45) is -1.96. The van der Waals surface area contributed by atoms with E-state index in [2.05, 4.69) is 12.1 Å². The SMILES string of the molecule is CCc1ccc(C=NOCc2ccccc2C(F)(F)F)cc1. The Hall–Kier alpha value is -2.30. The molecule has 0 bridgehead atoms. The molecule has 0 heterocycles. The van der Waals surface area contributed by atoms with E-state index in [9.17, 15) is 13.2 Å². The fraction of sp³-hybridized carbons (Fsp3) is 0.235. The Kier molecular flexibility index (Phi) is 5.20. The molecule has 0 atom stereocenters. The van der Waals surface area contributed by atoms with E-state index in [1.54, 1.807) is 6.07 Å². The van der Waals surface area contributed by atoms with Crippen LogP contribution in [-0.4, -0.2) is 6.21 Å². The van der Waals surface area contributed by atoms with Crippen LogP contribution in [0.1, 0.15) is 29.2 Å². The first-order chi connectivity index (χ1) is 10.5. The van der Waals surface area contributed by atoms with Crippen molar-refractivity contribution in [3.8, 4) is 0 Å². The summed E-state index contributed by atoms with van der Waals surface area (Å²) in [6, 6.07) is 13.0. The number of oxime groups is 1. The maximum absolute atomic E-state index is 12.8. The molecule has 0 spiro atoms. The van der Waals surface area contributed by atoms with Gasteiger partial charge in [-0.25, -0.2) is 0 Å². The molecule has 5 heteroatoms. The summed E-state index contributed by atoms with van der Waals surface area (Å²) in [5, 5.41) is 3.72. The minimum atomic E-state index is -4.39. The second-order valence-electron chi connectivity index (χ2n) is 4.76. The second kappa shape index (κ2) is 7.11. The van der Waals surface area contributed by atoms with Crippen molar-refractivity contribution in [2.75, 3.05) is 0 Å². The second-order valence-corrected chi connectivity index (χ2v) is 4.76. The number of hydrogen-bond donors (Lipinski definition) is 0. The molecule has 0 unspecified atom stereocenters. The highest BCUT2D eigenvalue weighted by Gasteiger charge is 2.32. The average molecular weight is 307 g/mol. The van der Waals surface area contributed by atoms with Gasteiger partial charge in [0.25, 0.3) is 0 Å². The topological polar surface area (TPSA) is 21.6 Å². The Bertz CT molecular complexity index is 633. The van der Waals surface area contributed by atoms with Crippen molar-refractivity contribution in [3.05, 3.63) is 70.8 Å². The number of aryl methyl sites for hydroxylation is 1. The lowest BCUT2D eigenvalue weighted by molar-refractivity contribution is -0.138. The number of alkyl halides is 3. The van der Waals surface area contributed by atoms with E-state index >= 15 is 0 Å². The first-order valence-electron chi connectivity index (χ1n) is 6.90. The highest BCUT2D eigenvalue weighted by Crippen LogP contribution is 2.32. The molecule has 22 heavy (non-hydrogen) atoms. The van der Waals surface area contributed by atoms with Gasteiger partial charge in [-0.15, -0.1) is 0 Å². The Morgan fingerprint density at radius 1 is 1.05 bits per heavy atom. The van der Waals surface area contributed by atoms with Gasteiger partial charge in [-0.1, -0.05) is 54.5 Å². The quantitative estimate of drug-likeness (QED) is 0.573. The molecule has 0 aliphatic carbocycles. The molecule has 0 radical (unpaired) electrons. The van der Waals surface area contributed by atoms with Gasteiger partial charge in [-0.2, -0.15) is 13.2 Å². The number of hydrogen-bond acceptors (Lipinski definition) is 2. The van der Waals surface area contributed by atoms with Gasteiger partial charge in [0.1, 0.15) is 6.61 Å². The van der Waals surface area contributed by atoms with Crippen LogP contribution in [0.2, 0.25) is 0 Å². The number of benzene rings is 2. The molecule has 0 N–H and O–H groups in total. The van der Waals surface area contributed by atoms with Crippen LogP contribution < -0.4 is 0 Å². The van der Waals surface area contributed by atoms with E-state index in [-0.39, 0.29) is 12.2 Å². The van der Waals surface area contributed by atoms with E-state index in [1.807, 2.05) is 24.3 Å². The van der Waals surface area contributed by atoms with Gasteiger partial charge in [-0.3, -0.25) is 0 Å². The van der Waals surface area contributed by atoms with E-state index in [0.717, 1.165) is 18.1 Å².